The number of rotatable bonds is 3. The second-order valence-electron chi connectivity index (χ2n) is 5.06. The van der Waals surface area contributed by atoms with Crippen LogP contribution in [0, 0.1) is 17.0 Å². The lowest BCUT2D eigenvalue weighted by Gasteiger charge is -2.13. The molecule has 5 heteroatoms. The molecule has 1 saturated carbocycles. The van der Waals surface area contributed by atoms with Gasteiger partial charge in [0.2, 0.25) is 5.91 Å². The molecule has 0 radical (unpaired) electrons. The fourth-order valence-electron chi connectivity index (χ4n) is 2.46. The van der Waals surface area contributed by atoms with E-state index < -0.39 is 4.92 Å². The first-order valence-electron chi connectivity index (χ1n) is 6.82. The van der Waals surface area contributed by atoms with E-state index in [0.29, 0.717) is 11.3 Å². The van der Waals surface area contributed by atoms with Gasteiger partial charge in [0.05, 0.1) is 16.2 Å². The summed E-state index contributed by atoms with van der Waals surface area (Å²) in [4.78, 5) is 22.4. The van der Waals surface area contributed by atoms with Crippen molar-refractivity contribution in [3.63, 3.8) is 0 Å². The van der Waals surface area contributed by atoms with Crippen LogP contribution >= 0.6 is 0 Å². The van der Waals surface area contributed by atoms with Crippen molar-refractivity contribution in [2.45, 2.75) is 39.0 Å². The van der Waals surface area contributed by atoms with E-state index in [0.717, 1.165) is 31.3 Å². The molecule has 1 aliphatic carbocycles. The summed E-state index contributed by atoms with van der Waals surface area (Å²) in [6.45, 7) is 1.64. The Morgan fingerprint density at radius 3 is 2.65 bits per heavy atom. The average molecular weight is 274 g/mol. The largest absolute Gasteiger partial charge is 0.322 e. The van der Waals surface area contributed by atoms with Crippen LogP contribution in [0.2, 0.25) is 0 Å². The summed E-state index contributed by atoms with van der Waals surface area (Å²) in [7, 11) is 0. The number of nitro benzene ring substituents is 1. The van der Waals surface area contributed by atoms with Crippen LogP contribution in [-0.4, -0.2) is 10.8 Å². The van der Waals surface area contributed by atoms with E-state index in [-0.39, 0.29) is 11.6 Å². The van der Waals surface area contributed by atoms with Crippen LogP contribution in [-0.2, 0) is 4.79 Å². The highest BCUT2D eigenvalue weighted by molar-refractivity contribution is 6.00. The molecule has 0 aliphatic heterocycles. The van der Waals surface area contributed by atoms with Crippen LogP contribution in [0.3, 0.4) is 0 Å². The van der Waals surface area contributed by atoms with E-state index in [1.54, 1.807) is 25.1 Å². The van der Waals surface area contributed by atoms with Gasteiger partial charge in [0.15, 0.2) is 0 Å². The molecule has 20 heavy (non-hydrogen) atoms. The lowest BCUT2D eigenvalue weighted by molar-refractivity contribution is -0.385. The molecule has 0 aromatic heterocycles. The van der Waals surface area contributed by atoms with Crippen LogP contribution in [0.1, 0.15) is 37.7 Å². The first kappa shape index (κ1) is 14.2. The molecule has 1 fully saturated rings. The third kappa shape index (κ3) is 3.44. The van der Waals surface area contributed by atoms with Gasteiger partial charge in [0.1, 0.15) is 0 Å². The van der Waals surface area contributed by atoms with E-state index in [4.69, 9.17) is 0 Å². The number of anilines is 1. The van der Waals surface area contributed by atoms with Gasteiger partial charge in [0, 0.05) is 12.1 Å². The summed E-state index contributed by atoms with van der Waals surface area (Å²) in [5, 5.41) is 13.6. The smallest absolute Gasteiger partial charge is 0.274 e. The topological polar surface area (TPSA) is 72.2 Å². The Kier molecular flexibility index (Phi) is 4.50. The van der Waals surface area contributed by atoms with Gasteiger partial charge >= 0.3 is 0 Å². The molecule has 0 unspecified atom stereocenters. The molecule has 5 nitrogen and oxygen atoms in total. The Morgan fingerprint density at radius 1 is 1.30 bits per heavy atom. The van der Waals surface area contributed by atoms with Crippen molar-refractivity contribution in [1.29, 1.82) is 0 Å². The number of nitrogens with zero attached hydrogens (tertiary/aromatic N) is 1. The minimum Gasteiger partial charge on any atom is -0.322 e. The molecule has 106 valence electrons. The summed E-state index contributed by atoms with van der Waals surface area (Å²) >= 11 is 0. The molecular formula is C15H18N2O3. The number of hydrogen-bond acceptors (Lipinski definition) is 3. The monoisotopic (exact) mass is 274 g/mol. The summed E-state index contributed by atoms with van der Waals surface area (Å²) in [5.74, 6) is -0.203. The van der Waals surface area contributed by atoms with Crippen LogP contribution in [0.5, 0.6) is 0 Å². The maximum atomic E-state index is 12.0. The standard InChI is InChI=1S/C15H18N2O3/c1-11-13(8-5-9-14(11)17(19)20)16-15(18)10-12-6-3-2-4-7-12/h5,8-10H,2-4,6-7H2,1H3,(H,16,18). The van der Waals surface area contributed by atoms with Crippen molar-refractivity contribution in [2.75, 3.05) is 5.32 Å². The van der Waals surface area contributed by atoms with Crippen molar-refractivity contribution >= 4 is 17.3 Å². The minimum atomic E-state index is -0.440. The summed E-state index contributed by atoms with van der Waals surface area (Å²) < 4.78 is 0. The van der Waals surface area contributed by atoms with Crippen LogP contribution in [0.4, 0.5) is 11.4 Å². The van der Waals surface area contributed by atoms with Crippen LogP contribution in [0.25, 0.3) is 0 Å². The highest BCUT2D eigenvalue weighted by atomic mass is 16.6. The van der Waals surface area contributed by atoms with Gasteiger partial charge in [-0.3, -0.25) is 14.9 Å². The van der Waals surface area contributed by atoms with E-state index in [9.17, 15) is 14.9 Å². The van der Waals surface area contributed by atoms with Gasteiger partial charge in [-0.25, -0.2) is 0 Å². The fourth-order valence-corrected chi connectivity index (χ4v) is 2.46. The van der Waals surface area contributed by atoms with Crippen molar-refractivity contribution in [2.24, 2.45) is 0 Å². The third-order valence-electron chi connectivity index (χ3n) is 3.59. The van der Waals surface area contributed by atoms with Crippen molar-refractivity contribution < 1.29 is 9.72 Å². The highest BCUT2D eigenvalue weighted by Gasteiger charge is 2.14. The molecule has 0 saturated heterocycles. The molecule has 0 heterocycles. The maximum Gasteiger partial charge on any atom is 0.274 e. The van der Waals surface area contributed by atoms with Crippen molar-refractivity contribution in [3.8, 4) is 0 Å². The quantitative estimate of drug-likeness (QED) is 0.518. The molecule has 0 atom stereocenters. The first-order valence-corrected chi connectivity index (χ1v) is 6.82. The number of nitrogens with one attached hydrogen (secondary N) is 1. The molecular weight excluding hydrogens is 256 g/mol. The Bertz CT molecular complexity index is 556. The first-order chi connectivity index (χ1) is 9.58. The van der Waals surface area contributed by atoms with Crippen molar-refractivity contribution in [1.82, 2.24) is 0 Å². The highest BCUT2D eigenvalue weighted by Crippen LogP contribution is 2.26. The Hall–Kier alpha value is -2.17. The van der Waals surface area contributed by atoms with Crippen molar-refractivity contribution in [3.05, 3.63) is 45.5 Å². The number of hydrogen-bond donors (Lipinski definition) is 1. The van der Waals surface area contributed by atoms with Gasteiger partial charge in [-0.2, -0.15) is 0 Å². The third-order valence-corrected chi connectivity index (χ3v) is 3.59. The molecule has 1 N–H and O–H groups in total. The molecule has 0 spiro atoms. The zero-order valence-corrected chi connectivity index (χ0v) is 11.5. The fraction of sp³-hybridized carbons (Fsp3) is 0.400. The molecule has 1 aromatic carbocycles. The number of nitro groups is 1. The number of carbonyl (C=O) groups excluding carboxylic acids is 1. The second-order valence-corrected chi connectivity index (χ2v) is 5.06. The van der Waals surface area contributed by atoms with Gasteiger partial charge < -0.3 is 5.32 Å². The van der Waals surface area contributed by atoms with E-state index >= 15 is 0 Å². The Balaban J connectivity index is 2.11. The Morgan fingerprint density at radius 2 is 2.00 bits per heavy atom. The summed E-state index contributed by atoms with van der Waals surface area (Å²) in [5.41, 5.74) is 2.16. The zero-order valence-electron chi connectivity index (χ0n) is 11.5. The average Bonchev–Trinajstić information content (AvgIpc) is 2.42. The van der Waals surface area contributed by atoms with Gasteiger partial charge in [0.25, 0.3) is 5.69 Å². The lowest BCUT2D eigenvalue weighted by atomic mass is 9.94. The number of allylic oxidation sites excluding steroid dienone is 1. The lowest BCUT2D eigenvalue weighted by Crippen LogP contribution is -2.11. The second kappa shape index (κ2) is 6.32. The minimum absolute atomic E-state index is 0.0214. The predicted molar refractivity (Wildman–Crippen MR) is 77.6 cm³/mol. The zero-order chi connectivity index (χ0) is 14.5. The number of carbonyl (C=O) groups is 1. The molecule has 1 aliphatic rings. The normalized spacial score (nSPS) is 14.8. The molecule has 2 rings (SSSR count). The van der Waals surface area contributed by atoms with Gasteiger partial charge in [-0.1, -0.05) is 18.1 Å². The van der Waals surface area contributed by atoms with E-state index in [2.05, 4.69) is 5.32 Å². The predicted octanol–water partition coefficient (Wildman–Crippen LogP) is 3.73. The summed E-state index contributed by atoms with van der Waals surface area (Å²) in [6, 6.07) is 4.69. The van der Waals surface area contributed by atoms with E-state index in [1.165, 1.54) is 12.5 Å². The summed E-state index contributed by atoms with van der Waals surface area (Å²) in [6.07, 6.45) is 7.08. The van der Waals surface area contributed by atoms with Gasteiger partial charge in [-0.05, 0) is 38.7 Å². The van der Waals surface area contributed by atoms with Gasteiger partial charge in [-0.15, -0.1) is 0 Å². The number of amides is 1. The van der Waals surface area contributed by atoms with E-state index in [1.807, 2.05) is 0 Å². The Labute approximate surface area is 117 Å². The number of benzene rings is 1. The molecule has 0 bridgehead atoms. The SMILES string of the molecule is Cc1c(NC(=O)C=C2CCCCC2)cccc1[N+](=O)[O-]. The molecule has 1 aromatic rings. The molecule has 1 amide bonds. The van der Waals surface area contributed by atoms with Crippen LogP contribution < -0.4 is 5.32 Å². The maximum absolute atomic E-state index is 12.0. The van der Waals surface area contributed by atoms with Crippen LogP contribution in [0.15, 0.2) is 29.8 Å².